The summed E-state index contributed by atoms with van der Waals surface area (Å²) in [6, 6.07) is 18.6. The standard InChI is InChI=1S/C22H24N4O2/c1-4-28-21-14-13-20(25-26-21)17-7-11-19(12-8-17)24-22(27)23-18-9-5-16(6-10-18)15(2)3/h5-15H,4H2,1-3H3,(H2,23,24,27). The van der Waals surface area contributed by atoms with E-state index in [0.29, 0.717) is 24.1 Å². The number of ether oxygens (including phenoxy) is 1. The van der Waals surface area contributed by atoms with Gasteiger partial charge in [0.05, 0.1) is 12.3 Å². The normalized spacial score (nSPS) is 10.6. The number of rotatable bonds is 6. The van der Waals surface area contributed by atoms with E-state index in [1.807, 2.05) is 61.5 Å². The molecule has 1 heterocycles. The SMILES string of the molecule is CCOc1ccc(-c2ccc(NC(=O)Nc3ccc(C(C)C)cc3)cc2)nn1. The monoisotopic (exact) mass is 376 g/mol. The van der Waals surface area contributed by atoms with Crippen molar-refractivity contribution in [1.29, 1.82) is 0 Å². The summed E-state index contributed by atoms with van der Waals surface area (Å²) in [5.41, 5.74) is 4.33. The van der Waals surface area contributed by atoms with Crippen molar-refractivity contribution >= 4 is 17.4 Å². The Kier molecular flexibility index (Phi) is 6.22. The third-order valence-corrected chi connectivity index (χ3v) is 4.21. The summed E-state index contributed by atoms with van der Waals surface area (Å²) in [7, 11) is 0. The molecule has 0 saturated carbocycles. The van der Waals surface area contributed by atoms with Crippen molar-refractivity contribution in [3.8, 4) is 17.1 Å². The molecule has 0 aliphatic heterocycles. The Bertz CT molecular complexity index is 905. The summed E-state index contributed by atoms with van der Waals surface area (Å²) in [6.45, 7) is 6.73. The number of aromatic nitrogens is 2. The second kappa shape index (κ2) is 8.99. The van der Waals surface area contributed by atoms with Crippen molar-refractivity contribution in [3.63, 3.8) is 0 Å². The van der Waals surface area contributed by atoms with E-state index in [2.05, 4.69) is 34.7 Å². The summed E-state index contributed by atoms with van der Waals surface area (Å²) in [4.78, 5) is 12.2. The van der Waals surface area contributed by atoms with Gasteiger partial charge >= 0.3 is 6.03 Å². The van der Waals surface area contributed by atoms with E-state index >= 15 is 0 Å². The molecular formula is C22H24N4O2. The molecular weight excluding hydrogens is 352 g/mol. The van der Waals surface area contributed by atoms with Gasteiger partial charge in [0.2, 0.25) is 5.88 Å². The maximum Gasteiger partial charge on any atom is 0.323 e. The molecule has 0 atom stereocenters. The number of nitrogens with one attached hydrogen (secondary N) is 2. The molecule has 3 aromatic rings. The van der Waals surface area contributed by atoms with Gasteiger partial charge in [-0.15, -0.1) is 10.2 Å². The Morgan fingerprint density at radius 3 is 2.00 bits per heavy atom. The van der Waals surface area contributed by atoms with Crippen molar-refractivity contribution in [3.05, 3.63) is 66.2 Å². The Balaban J connectivity index is 1.59. The zero-order chi connectivity index (χ0) is 19.9. The number of nitrogens with zero attached hydrogens (tertiary/aromatic N) is 2. The van der Waals surface area contributed by atoms with Gasteiger partial charge in [-0.05, 0) is 48.7 Å². The first-order valence-corrected chi connectivity index (χ1v) is 9.30. The van der Waals surface area contributed by atoms with Crippen LogP contribution in [0.3, 0.4) is 0 Å². The number of urea groups is 1. The Labute approximate surface area is 165 Å². The zero-order valence-electron chi connectivity index (χ0n) is 16.3. The second-order valence-electron chi connectivity index (χ2n) is 6.62. The van der Waals surface area contributed by atoms with Crippen LogP contribution in [0.5, 0.6) is 5.88 Å². The lowest BCUT2D eigenvalue weighted by molar-refractivity contribution is 0.262. The van der Waals surface area contributed by atoms with E-state index in [4.69, 9.17) is 4.74 Å². The molecule has 28 heavy (non-hydrogen) atoms. The first-order chi connectivity index (χ1) is 13.5. The number of hydrogen-bond acceptors (Lipinski definition) is 4. The quantitative estimate of drug-likeness (QED) is 0.611. The minimum Gasteiger partial charge on any atom is -0.477 e. The molecule has 3 rings (SSSR count). The van der Waals surface area contributed by atoms with Crippen LogP contribution in [-0.2, 0) is 0 Å². The Morgan fingerprint density at radius 2 is 1.50 bits per heavy atom. The summed E-state index contributed by atoms with van der Waals surface area (Å²) in [5, 5.41) is 13.8. The summed E-state index contributed by atoms with van der Waals surface area (Å²) < 4.78 is 5.30. The van der Waals surface area contributed by atoms with Crippen LogP contribution in [0.25, 0.3) is 11.3 Å². The number of hydrogen-bond donors (Lipinski definition) is 2. The van der Waals surface area contributed by atoms with Crippen molar-refractivity contribution in [1.82, 2.24) is 10.2 Å². The van der Waals surface area contributed by atoms with E-state index in [9.17, 15) is 4.79 Å². The highest BCUT2D eigenvalue weighted by atomic mass is 16.5. The second-order valence-corrected chi connectivity index (χ2v) is 6.62. The molecule has 0 unspecified atom stereocenters. The van der Waals surface area contributed by atoms with E-state index in [0.717, 1.165) is 16.9 Å². The first-order valence-electron chi connectivity index (χ1n) is 9.30. The molecule has 6 heteroatoms. The van der Waals surface area contributed by atoms with Crippen LogP contribution in [0, 0.1) is 0 Å². The van der Waals surface area contributed by atoms with Crippen LogP contribution in [0.2, 0.25) is 0 Å². The molecule has 1 aromatic heterocycles. The predicted molar refractivity (Wildman–Crippen MR) is 112 cm³/mol. The van der Waals surface area contributed by atoms with Gasteiger partial charge in [-0.25, -0.2) is 4.79 Å². The van der Waals surface area contributed by atoms with Crippen LogP contribution >= 0.6 is 0 Å². The van der Waals surface area contributed by atoms with Gasteiger partial charge in [0.15, 0.2) is 0 Å². The van der Waals surface area contributed by atoms with Crippen LogP contribution in [0.15, 0.2) is 60.7 Å². The van der Waals surface area contributed by atoms with Crippen LogP contribution < -0.4 is 15.4 Å². The van der Waals surface area contributed by atoms with Gasteiger partial charge in [0.1, 0.15) is 0 Å². The molecule has 2 amide bonds. The molecule has 0 fully saturated rings. The maximum atomic E-state index is 12.2. The molecule has 0 aliphatic rings. The van der Waals surface area contributed by atoms with Crippen LogP contribution in [0.4, 0.5) is 16.2 Å². The lowest BCUT2D eigenvalue weighted by Gasteiger charge is -2.10. The summed E-state index contributed by atoms with van der Waals surface area (Å²) in [6.07, 6.45) is 0. The molecule has 0 aliphatic carbocycles. The molecule has 2 aromatic carbocycles. The fourth-order valence-electron chi connectivity index (χ4n) is 2.67. The maximum absolute atomic E-state index is 12.2. The summed E-state index contributed by atoms with van der Waals surface area (Å²) in [5.74, 6) is 0.962. The van der Waals surface area contributed by atoms with Gasteiger partial charge in [-0.2, -0.15) is 0 Å². The van der Waals surface area contributed by atoms with E-state index in [1.165, 1.54) is 5.56 Å². The number of carbonyl (C=O) groups is 1. The predicted octanol–water partition coefficient (Wildman–Crippen LogP) is 5.31. The first kappa shape index (κ1) is 19.4. The van der Waals surface area contributed by atoms with Gasteiger partial charge in [-0.1, -0.05) is 38.1 Å². The average Bonchev–Trinajstić information content (AvgIpc) is 2.70. The van der Waals surface area contributed by atoms with Crippen molar-refractivity contribution < 1.29 is 9.53 Å². The molecule has 2 N–H and O–H groups in total. The fraction of sp³-hybridized carbons (Fsp3) is 0.227. The highest BCUT2D eigenvalue weighted by Crippen LogP contribution is 2.21. The third-order valence-electron chi connectivity index (χ3n) is 4.21. The van der Waals surface area contributed by atoms with Crippen LogP contribution in [-0.4, -0.2) is 22.8 Å². The average molecular weight is 376 g/mol. The lowest BCUT2D eigenvalue weighted by Crippen LogP contribution is -2.19. The number of amides is 2. The Morgan fingerprint density at radius 1 is 0.893 bits per heavy atom. The highest BCUT2D eigenvalue weighted by molar-refractivity contribution is 5.99. The smallest absolute Gasteiger partial charge is 0.323 e. The van der Waals surface area contributed by atoms with Crippen molar-refractivity contribution in [2.75, 3.05) is 17.2 Å². The van der Waals surface area contributed by atoms with Gasteiger partial charge in [0.25, 0.3) is 0 Å². The number of benzene rings is 2. The van der Waals surface area contributed by atoms with E-state index in [1.54, 1.807) is 6.07 Å². The van der Waals surface area contributed by atoms with Gasteiger partial charge in [0, 0.05) is 23.0 Å². The molecule has 0 bridgehead atoms. The van der Waals surface area contributed by atoms with Gasteiger partial charge in [-0.3, -0.25) is 0 Å². The van der Waals surface area contributed by atoms with E-state index < -0.39 is 0 Å². The largest absolute Gasteiger partial charge is 0.477 e. The lowest BCUT2D eigenvalue weighted by atomic mass is 10.0. The number of carbonyl (C=O) groups excluding carboxylic acids is 1. The molecule has 6 nitrogen and oxygen atoms in total. The molecule has 0 saturated heterocycles. The topological polar surface area (TPSA) is 76.1 Å². The summed E-state index contributed by atoms with van der Waals surface area (Å²) >= 11 is 0. The fourth-order valence-corrected chi connectivity index (χ4v) is 2.67. The highest BCUT2D eigenvalue weighted by Gasteiger charge is 2.06. The molecule has 0 spiro atoms. The zero-order valence-corrected chi connectivity index (χ0v) is 16.3. The minimum absolute atomic E-state index is 0.286. The number of anilines is 2. The van der Waals surface area contributed by atoms with Crippen molar-refractivity contribution in [2.45, 2.75) is 26.7 Å². The molecule has 144 valence electrons. The van der Waals surface area contributed by atoms with Gasteiger partial charge < -0.3 is 15.4 Å². The van der Waals surface area contributed by atoms with Crippen molar-refractivity contribution in [2.24, 2.45) is 0 Å². The Hall–Kier alpha value is -3.41. The van der Waals surface area contributed by atoms with E-state index in [-0.39, 0.29) is 6.03 Å². The van der Waals surface area contributed by atoms with Crippen LogP contribution in [0.1, 0.15) is 32.3 Å². The third kappa shape index (κ3) is 5.07. The minimum atomic E-state index is -0.286. The molecule has 0 radical (unpaired) electrons.